The SMILES string of the molecule is COC(=O)C(C)COc1ccc([N+](=O)[O-])cc1Cl. The van der Waals surface area contributed by atoms with Gasteiger partial charge in [0.05, 0.1) is 23.0 Å². The van der Waals surface area contributed by atoms with Crippen molar-refractivity contribution in [3.05, 3.63) is 33.3 Å². The van der Waals surface area contributed by atoms with Gasteiger partial charge in [0.15, 0.2) is 0 Å². The summed E-state index contributed by atoms with van der Waals surface area (Å²) in [6, 6.07) is 3.87. The van der Waals surface area contributed by atoms with E-state index in [4.69, 9.17) is 16.3 Å². The lowest BCUT2D eigenvalue weighted by Gasteiger charge is -2.11. The third-order valence-electron chi connectivity index (χ3n) is 2.22. The number of ether oxygens (including phenoxy) is 2. The molecule has 1 rings (SSSR count). The first-order valence-electron chi connectivity index (χ1n) is 5.10. The number of methoxy groups -OCH3 is 1. The van der Waals surface area contributed by atoms with Gasteiger partial charge in [0.2, 0.25) is 0 Å². The molecule has 18 heavy (non-hydrogen) atoms. The van der Waals surface area contributed by atoms with Gasteiger partial charge in [-0.3, -0.25) is 14.9 Å². The Morgan fingerprint density at radius 2 is 2.22 bits per heavy atom. The van der Waals surface area contributed by atoms with Gasteiger partial charge in [0.25, 0.3) is 5.69 Å². The maximum Gasteiger partial charge on any atom is 0.311 e. The summed E-state index contributed by atoms with van der Waals surface area (Å²) in [7, 11) is 1.29. The van der Waals surface area contributed by atoms with Crippen molar-refractivity contribution in [3.63, 3.8) is 0 Å². The van der Waals surface area contributed by atoms with Crippen LogP contribution in [0.5, 0.6) is 5.75 Å². The van der Waals surface area contributed by atoms with Crippen LogP contribution in [0.1, 0.15) is 6.92 Å². The number of benzene rings is 1. The molecular formula is C11H12ClNO5. The average Bonchev–Trinajstić information content (AvgIpc) is 2.35. The molecule has 1 aromatic carbocycles. The topological polar surface area (TPSA) is 78.7 Å². The number of carbonyl (C=O) groups excluding carboxylic acids is 1. The van der Waals surface area contributed by atoms with Crippen molar-refractivity contribution in [2.45, 2.75) is 6.92 Å². The summed E-state index contributed by atoms with van der Waals surface area (Å²) in [5, 5.41) is 10.6. The van der Waals surface area contributed by atoms with Crippen LogP contribution in [0.2, 0.25) is 5.02 Å². The Balaban J connectivity index is 2.69. The molecular weight excluding hydrogens is 262 g/mol. The molecule has 1 atom stereocenters. The summed E-state index contributed by atoms with van der Waals surface area (Å²) in [5.74, 6) is -0.549. The van der Waals surface area contributed by atoms with Crippen LogP contribution in [-0.2, 0) is 9.53 Å². The third-order valence-corrected chi connectivity index (χ3v) is 2.51. The van der Waals surface area contributed by atoms with E-state index in [0.29, 0.717) is 0 Å². The second-order valence-electron chi connectivity index (χ2n) is 3.61. The fourth-order valence-corrected chi connectivity index (χ4v) is 1.43. The third kappa shape index (κ3) is 3.59. The second-order valence-corrected chi connectivity index (χ2v) is 4.01. The molecule has 0 aliphatic heterocycles. The Labute approximate surface area is 109 Å². The summed E-state index contributed by atoms with van der Waals surface area (Å²) in [6.45, 7) is 1.73. The van der Waals surface area contributed by atoms with Gasteiger partial charge in [-0.2, -0.15) is 0 Å². The van der Waals surface area contributed by atoms with Crippen molar-refractivity contribution in [1.82, 2.24) is 0 Å². The number of nitrogens with zero attached hydrogens (tertiary/aromatic N) is 1. The highest BCUT2D eigenvalue weighted by atomic mass is 35.5. The number of non-ortho nitro benzene ring substituents is 1. The molecule has 0 amide bonds. The van der Waals surface area contributed by atoms with Gasteiger partial charge in [0.1, 0.15) is 12.4 Å². The molecule has 0 heterocycles. The van der Waals surface area contributed by atoms with Gasteiger partial charge in [0, 0.05) is 12.1 Å². The first-order chi connectivity index (χ1) is 8.45. The highest BCUT2D eigenvalue weighted by molar-refractivity contribution is 6.32. The lowest BCUT2D eigenvalue weighted by molar-refractivity contribution is -0.384. The number of nitro groups is 1. The van der Waals surface area contributed by atoms with Crippen LogP contribution in [-0.4, -0.2) is 24.6 Å². The maximum atomic E-state index is 11.1. The number of rotatable bonds is 5. The number of nitro benzene ring substituents is 1. The predicted octanol–water partition coefficient (Wildman–Crippen LogP) is 2.44. The normalized spacial score (nSPS) is 11.7. The average molecular weight is 274 g/mol. The molecule has 1 unspecified atom stereocenters. The van der Waals surface area contributed by atoms with Crippen molar-refractivity contribution < 1.29 is 19.2 Å². The molecule has 0 aliphatic carbocycles. The van der Waals surface area contributed by atoms with Gasteiger partial charge in [-0.15, -0.1) is 0 Å². The van der Waals surface area contributed by atoms with E-state index in [1.807, 2.05) is 0 Å². The zero-order valence-electron chi connectivity index (χ0n) is 9.88. The Bertz CT molecular complexity index is 463. The van der Waals surface area contributed by atoms with E-state index >= 15 is 0 Å². The lowest BCUT2D eigenvalue weighted by Crippen LogP contribution is -2.20. The number of hydrogen-bond donors (Lipinski definition) is 0. The van der Waals surface area contributed by atoms with Crippen LogP contribution in [0, 0.1) is 16.0 Å². The number of hydrogen-bond acceptors (Lipinski definition) is 5. The Hall–Kier alpha value is -1.82. The lowest BCUT2D eigenvalue weighted by atomic mass is 10.2. The first kappa shape index (κ1) is 14.2. The molecule has 0 aromatic heterocycles. The Morgan fingerprint density at radius 3 is 2.72 bits per heavy atom. The monoisotopic (exact) mass is 273 g/mol. The van der Waals surface area contributed by atoms with Gasteiger partial charge in [-0.25, -0.2) is 0 Å². The largest absolute Gasteiger partial charge is 0.491 e. The Kier molecular flexibility index (Phi) is 4.91. The summed E-state index contributed by atoms with van der Waals surface area (Å²) in [6.07, 6.45) is 0. The number of esters is 1. The zero-order valence-corrected chi connectivity index (χ0v) is 10.6. The smallest absolute Gasteiger partial charge is 0.311 e. The van der Waals surface area contributed by atoms with Gasteiger partial charge < -0.3 is 9.47 Å². The van der Waals surface area contributed by atoms with E-state index < -0.39 is 16.8 Å². The molecule has 98 valence electrons. The summed E-state index contributed by atoms with van der Waals surface area (Å²) >= 11 is 5.82. The molecule has 6 nitrogen and oxygen atoms in total. The van der Waals surface area contributed by atoms with Crippen molar-refractivity contribution in [2.24, 2.45) is 5.92 Å². The molecule has 0 spiro atoms. The maximum absolute atomic E-state index is 11.1. The van der Waals surface area contributed by atoms with Crippen molar-refractivity contribution in [2.75, 3.05) is 13.7 Å². The van der Waals surface area contributed by atoms with E-state index in [-0.39, 0.29) is 23.1 Å². The van der Waals surface area contributed by atoms with Gasteiger partial charge in [-0.1, -0.05) is 11.6 Å². The summed E-state index contributed by atoms with van der Waals surface area (Å²) in [4.78, 5) is 21.1. The van der Waals surface area contributed by atoms with Crippen molar-refractivity contribution in [3.8, 4) is 5.75 Å². The highest BCUT2D eigenvalue weighted by Gasteiger charge is 2.16. The van der Waals surface area contributed by atoms with E-state index in [0.717, 1.165) is 0 Å². The summed E-state index contributed by atoms with van der Waals surface area (Å²) in [5.41, 5.74) is -0.117. The van der Waals surface area contributed by atoms with Gasteiger partial charge in [-0.05, 0) is 13.0 Å². The van der Waals surface area contributed by atoms with E-state index in [1.54, 1.807) is 6.92 Å². The molecule has 0 N–H and O–H groups in total. The number of carbonyl (C=O) groups is 1. The van der Waals surface area contributed by atoms with Crippen LogP contribution in [0.4, 0.5) is 5.69 Å². The molecule has 0 fully saturated rings. The number of halogens is 1. The minimum atomic E-state index is -0.549. The molecule has 0 saturated carbocycles. The van der Waals surface area contributed by atoms with Crippen LogP contribution in [0.15, 0.2) is 18.2 Å². The van der Waals surface area contributed by atoms with Crippen LogP contribution >= 0.6 is 11.6 Å². The van der Waals surface area contributed by atoms with Crippen LogP contribution < -0.4 is 4.74 Å². The van der Waals surface area contributed by atoms with E-state index in [9.17, 15) is 14.9 Å². The minimum absolute atomic E-state index is 0.0875. The second kappa shape index (κ2) is 6.20. The predicted molar refractivity (Wildman–Crippen MR) is 64.8 cm³/mol. The molecule has 7 heteroatoms. The Morgan fingerprint density at radius 1 is 1.56 bits per heavy atom. The van der Waals surface area contributed by atoms with Crippen LogP contribution in [0.25, 0.3) is 0 Å². The molecule has 0 bridgehead atoms. The van der Waals surface area contributed by atoms with E-state index in [2.05, 4.69) is 4.74 Å². The molecule has 0 radical (unpaired) electrons. The van der Waals surface area contributed by atoms with E-state index in [1.165, 1.54) is 25.3 Å². The highest BCUT2D eigenvalue weighted by Crippen LogP contribution is 2.28. The fraction of sp³-hybridized carbons (Fsp3) is 0.364. The zero-order chi connectivity index (χ0) is 13.7. The quantitative estimate of drug-likeness (QED) is 0.468. The summed E-state index contributed by atoms with van der Waals surface area (Å²) < 4.78 is 9.84. The van der Waals surface area contributed by atoms with Crippen LogP contribution in [0.3, 0.4) is 0 Å². The fourth-order valence-electron chi connectivity index (χ4n) is 1.20. The minimum Gasteiger partial charge on any atom is -0.491 e. The van der Waals surface area contributed by atoms with Gasteiger partial charge >= 0.3 is 5.97 Å². The molecule has 1 aromatic rings. The van der Waals surface area contributed by atoms with Crippen molar-refractivity contribution in [1.29, 1.82) is 0 Å². The molecule has 0 saturated heterocycles. The first-order valence-corrected chi connectivity index (χ1v) is 5.48. The van der Waals surface area contributed by atoms with Crippen molar-refractivity contribution >= 4 is 23.3 Å². The molecule has 0 aliphatic rings. The standard InChI is InChI=1S/C11H12ClNO5/c1-7(11(14)17-2)6-18-10-4-3-8(13(15)16)5-9(10)12/h3-5,7H,6H2,1-2H3.